The molecule has 1 amide bonds. The van der Waals surface area contributed by atoms with E-state index in [0.717, 1.165) is 30.6 Å². The Morgan fingerprint density at radius 1 is 1.15 bits per heavy atom. The summed E-state index contributed by atoms with van der Waals surface area (Å²) in [4.78, 5) is 15.4. The van der Waals surface area contributed by atoms with Crippen LogP contribution < -0.4 is 10.2 Å². The zero-order chi connectivity index (χ0) is 17.9. The van der Waals surface area contributed by atoms with Crippen LogP contribution in [0.15, 0.2) is 65.2 Å². The molecule has 0 spiro atoms. The Bertz CT molecular complexity index is 904. The number of carbonyl (C=O) groups is 1. The van der Waals surface area contributed by atoms with E-state index in [0.29, 0.717) is 11.6 Å². The van der Waals surface area contributed by atoms with E-state index in [1.807, 2.05) is 36.4 Å². The van der Waals surface area contributed by atoms with E-state index in [1.165, 1.54) is 5.56 Å². The highest BCUT2D eigenvalue weighted by Gasteiger charge is 2.31. The molecule has 2 heterocycles. The fourth-order valence-electron chi connectivity index (χ4n) is 3.56. The molecule has 3 aromatic rings. The summed E-state index contributed by atoms with van der Waals surface area (Å²) in [6.07, 6.45) is 2.06. The quantitative estimate of drug-likeness (QED) is 0.771. The molecule has 4 rings (SSSR count). The lowest BCUT2D eigenvalue weighted by Crippen LogP contribution is -2.40. The molecule has 1 N–H and O–H groups in total. The number of amides is 1. The Labute approximate surface area is 152 Å². The van der Waals surface area contributed by atoms with Gasteiger partial charge >= 0.3 is 0 Å². The summed E-state index contributed by atoms with van der Waals surface area (Å²) in [5, 5.41) is 6.80. The number of nitrogens with one attached hydrogen (secondary N) is 1. The average molecular weight is 347 g/mol. The maximum absolute atomic E-state index is 13.2. The largest absolute Gasteiger partial charge is 0.360 e. The monoisotopic (exact) mass is 347 g/mol. The van der Waals surface area contributed by atoms with Gasteiger partial charge < -0.3 is 14.7 Å². The van der Waals surface area contributed by atoms with Crippen LogP contribution in [0, 0.1) is 6.92 Å². The maximum Gasteiger partial charge on any atom is 0.252 e. The molecular weight excluding hydrogens is 326 g/mol. The molecule has 5 heteroatoms. The molecule has 26 heavy (non-hydrogen) atoms. The summed E-state index contributed by atoms with van der Waals surface area (Å²) in [7, 11) is 0. The van der Waals surface area contributed by atoms with E-state index >= 15 is 0 Å². The third-order valence-electron chi connectivity index (χ3n) is 4.70. The molecule has 1 aliphatic rings. The molecule has 0 saturated heterocycles. The predicted octanol–water partition coefficient (Wildman–Crippen LogP) is 4.12. The zero-order valence-corrected chi connectivity index (χ0v) is 14.7. The number of hydrogen-bond donors (Lipinski definition) is 1. The Hall–Kier alpha value is -3.08. The fourth-order valence-corrected chi connectivity index (χ4v) is 3.56. The number of carbonyl (C=O) groups excluding carboxylic acids is 1. The van der Waals surface area contributed by atoms with Gasteiger partial charge in [-0.05, 0) is 37.0 Å². The Morgan fingerprint density at radius 2 is 1.92 bits per heavy atom. The number of benzene rings is 2. The number of hydrogen-bond acceptors (Lipinski definition) is 4. The van der Waals surface area contributed by atoms with Crippen LogP contribution in [0.1, 0.15) is 29.3 Å². The number of nitrogens with zero attached hydrogens (tertiary/aromatic N) is 2. The van der Waals surface area contributed by atoms with Crippen molar-refractivity contribution in [3.05, 3.63) is 77.6 Å². The first-order valence-electron chi connectivity index (χ1n) is 8.86. The van der Waals surface area contributed by atoms with Crippen molar-refractivity contribution in [2.75, 3.05) is 16.8 Å². The van der Waals surface area contributed by atoms with Crippen LogP contribution in [0.5, 0.6) is 0 Å². The van der Waals surface area contributed by atoms with Gasteiger partial charge in [0.05, 0.1) is 0 Å². The van der Waals surface area contributed by atoms with Crippen molar-refractivity contribution >= 4 is 17.4 Å². The van der Waals surface area contributed by atoms with E-state index < -0.39 is 6.04 Å². The third-order valence-corrected chi connectivity index (χ3v) is 4.70. The SMILES string of the molecule is Cc1cc(NC(=O)[C@@H](c2ccccc2)N2CCCc3ccccc32)no1. The van der Waals surface area contributed by atoms with Gasteiger partial charge in [0.25, 0.3) is 5.91 Å². The molecule has 1 aromatic heterocycles. The summed E-state index contributed by atoms with van der Waals surface area (Å²) in [5.74, 6) is 1.000. The smallest absolute Gasteiger partial charge is 0.252 e. The third kappa shape index (κ3) is 3.20. The molecule has 0 radical (unpaired) electrons. The highest BCUT2D eigenvalue weighted by atomic mass is 16.5. The van der Waals surface area contributed by atoms with Crippen molar-refractivity contribution in [1.82, 2.24) is 5.16 Å². The lowest BCUT2D eigenvalue weighted by molar-refractivity contribution is -0.117. The van der Waals surface area contributed by atoms with Crippen molar-refractivity contribution < 1.29 is 9.32 Å². The highest BCUT2D eigenvalue weighted by Crippen LogP contribution is 2.34. The molecule has 132 valence electrons. The summed E-state index contributed by atoms with van der Waals surface area (Å²) >= 11 is 0. The Balaban J connectivity index is 1.71. The second-order valence-electron chi connectivity index (χ2n) is 6.55. The molecule has 5 nitrogen and oxygen atoms in total. The topological polar surface area (TPSA) is 58.4 Å². The summed E-state index contributed by atoms with van der Waals surface area (Å²) < 4.78 is 5.07. The van der Waals surface area contributed by atoms with Gasteiger partial charge in [0.1, 0.15) is 11.8 Å². The van der Waals surface area contributed by atoms with Crippen LogP contribution in [-0.2, 0) is 11.2 Å². The summed E-state index contributed by atoms with van der Waals surface area (Å²) in [6, 6.07) is 19.5. The highest BCUT2D eigenvalue weighted by molar-refractivity contribution is 5.97. The van der Waals surface area contributed by atoms with Gasteiger partial charge in [-0.25, -0.2) is 0 Å². The van der Waals surface area contributed by atoms with Gasteiger partial charge in [0.15, 0.2) is 5.82 Å². The molecule has 1 aliphatic heterocycles. The lowest BCUT2D eigenvalue weighted by Gasteiger charge is -2.37. The number of aryl methyl sites for hydroxylation is 2. The zero-order valence-electron chi connectivity index (χ0n) is 14.7. The van der Waals surface area contributed by atoms with E-state index in [1.54, 1.807) is 13.0 Å². The standard InChI is InChI=1S/C21H21N3O2/c1-15-14-19(23-26-15)22-21(25)20(17-9-3-2-4-10-17)24-13-7-11-16-8-5-6-12-18(16)24/h2-6,8-10,12,14,20H,7,11,13H2,1H3,(H,22,23,25)/t20-/m1/s1. The first-order valence-corrected chi connectivity index (χ1v) is 8.86. The molecule has 1 atom stereocenters. The van der Waals surface area contributed by atoms with Crippen LogP contribution in [-0.4, -0.2) is 17.6 Å². The second kappa shape index (κ2) is 7.04. The molecule has 0 bridgehead atoms. The van der Waals surface area contributed by atoms with Gasteiger partial charge in [-0.15, -0.1) is 0 Å². The molecule has 0 fully saturated rings. The minimum absolute atomic E-state index is 0.110. The fraction of sp³-hybridized carbons (Fsp3) is 0.238. The number of aromatic nitrogens is 1. The first kappa shape index (κ1) is 16.4. The van der Waals surface area contributed by atoms with Gasteiger partial charge in [-0.3, -0.25) is 4.79 Å². The van der Waals surface area contributed by atoms with Gasteiger partial charge in [-0.1, -0.05) is 53.7 Å². The van der Waals surface area contributed by atoms with Crippen LogP contribution in [0.25, 0.3) is 0 Å². The maximum atomic E-state index is 13.2. The Morgan fingerprint density at radius 3 is 2.69 bits per heavy atom. The van der Waals surface area contributed by atoms with Crippen molar-refractivity contribution in [3.8, 4) is 0 Å². The lowest BCUT2D eigenvalue weighted by atomic mass is 9.96. The summed E-state index contributed by atoms with van der Waals surface area (Å²) in [5.41, 5.74) is 3.37. The molecule has 0 aliphatic carbocycles. The average Bonchev–Trinajstić information content (AvgIpc) is 3.08. The van der Waals surface area contributed by atoms with Gasteiger partial charge in [-0.2, -0.15) is 0 Å². The van der Waals surface area contributed by atoms with E-state index in [-0.39, 0.29) is 5.91 Å². The normalized spacial score (nSPS) is 14.6. The van der Waals surface area contributed by atoms with Crippen LogP contribution >= 0.6 is 0 Å². The van der Waals surface area contributed by atoms with Crippen LogP contribution in [0.4, 0.5) is 11.5 Å². The first-order chi connectivity index (χ1) is 12.7. The van der Waals surface area contributed by atoms with Gasteiger partial charge in [0, 0.05) is 18.3 Å². The minimum Gasteiger partial charge on any atom is -0.360 e. The number of fused-ring (bicyclic) bond motifs is 1. The van der Waals surface area contributed by atoms with E-state index in [2.05, 4.69) is 33.6 Å². The van der Waals surface area contributed by atoms with Gasteiger partial charge in [0.2, 0.25) is 0 Å². The second-order valence-corrected chi connectivity index (χ2v) is 6.55. The van der Waals surface area contributed by atoms with Crippen LogP contribution in [0.2, 0.25) is 0 Å². The molecule has 2 aromatic carbocycles. The summed E-state index contributed by atoms with van der Waals surface area (Å²) in [6.45, 7) is 2.64. The minimum atomic E-state index is -0.422. The van der Waals surface area contributed by atoms with Crippen molar-refractivity contribution in [2.45, 2.75) is 25.8 Å². The van der Waals surface area contributed by atoms with Crippen molar-refractivity contribution in [1.29, 1.82) is 0 Å². The van der Waals surface area contributed by atoms with Crippen molar-refractivity contribution in [2.24, 2.45) is 0 Å². The van der Waals surface area contributed by atoms with E-state index in [4.69, 9.17) is 4.52 Å². The van der Waals surface area contributed by atoms with E-state index in [9.17, 15) is 4.79 Å². The number of anilines is 2. The number of para-hydroxylation sites is 1. The van der Waals surface area contributed by atoms with Crippen LogP contribution in [0.3, 0.4) is 0 Å². The molecule has 0 unspecified atom stereocenters. The molecular formula is C21H21N3O2. The van der Waals surface area contributed by atoms with Crippen molar-refractivity contribution in [3.63, 3.8) is 0 Å². The predicted molar refractivity (Wildman–Crippen MR) is 101 cm³/mol. The molecule has 0 saturated carbocycles. The number of rotatable bonds is 4. The Kier molecular flexibility index (Phi) is 4.44.